The SMILES string of the molecule is N#Cc1ccc(Cl)cc1NC(=O)CSc1n[nH]c(COc2ccccc2)n1. The number of nitrogens with one attached hydrogen (secondary N) is 2. The number of nitrogens with zero attached hydrogens (tertiary/aromatic N) is 3. The van der Waals surface area contributed by atoms with Crippen LogP contribution in [-0.2, 0) is 11.4 Å². The fourth-order valence-corrected chi connectivity index (χ4v) is 2.90. The van der Waals surface area contributed by atoms with Gasteiger partial charge in [0, 0.05) is 5.02 Å². The minimum Gasteiger partial charge on any atom is -0.486 e. The summed E-state index contributed by atoms with van der Waals surface area (Å²) in [6, 6.07) is 16.1. The van der Waals surface area contributed by atoms with Crippen LogP contribution in [0, 0.1) is 11.3 Å². The van der Waals surface area contributed by atoms with E-state index in [2.05, 4.69) is 20.5 Å². The van der Waals surface area contributed by atoms with E-state index in [-0.39, 0.29) is 18.3 Å². The van der Waals surface area contributed by atoms with Crippen molar-refractivity contribution in [2.75, 3.05) is 11.1 Å². The number of ether oxygens (including phenoxy) is 1. The first kappa shape index (κ1) is 18.8. The molecular formula is C18H14ClN5O2S. The van der Waals surface area contributed by atoms with Crippen LogP contribution in [-0.4, -0.2) is 26.8 Å². The molecule has 0 spiro atoms. The van der Waals surface area contributed by atoms with Gasteiger partial charge in [0.25, 0.3) is 0 Å². The number of carbonyl (C=O) groups is 1. The Labute approximate surface area is 164 Å². The maximum Gasteiger partial charge on any atom is 0.234 e. The molecule has 27 heavy (non-hydrogen) atoms. The largest absolute Gasteiger partial charge is 0.486 e. The number of aromatic amines is 1. The molecule has 136 valence electrons. The van der Waals surface area contributed by atoms with E-state index in [1.807, 2.05) is 36.4 Å². The first-order valence-corrected chi connectivity index (χ1v) is 9.22. The lowest BCUT2D eigenvalue weighted by Gasteiger charge is -2.06. The summed E-state index contributed by atoms with van der Waals surface area (Å²) in [7, 11) is 0. The van der Waals surface area contributed by atoms with Crippen LogP contribution in [0.4, 0.5) is 5.69 Å². The van der Waals surface area contributed by atoms with Gasteiger partial charge in [0.15, 0.2) is 5.82 Å². The number of halogens is 1. The number of benzene rings is 2. The van der Waals surface area contributed by atoms with Gasteiger partial charge in [-0.2, -0.15) is 5.26 Å². The van der Waals surface area contributed by atoms with Crippen molar-refractivity contribution in [1.82, 2.24) is 15.2 Å². The maximum atomic E-state index is 12.1. The Morgan fingerprint density at radius 3 is 2.89 bits per heavy atom. The van der Waals surface area contributed by atoms with Crippen molar-refractivity contribution in [3.8, 4) is 11.8 Å². The monoisotopic (exact) mass is 399 g/mol. The number of H-pyrrole nitrogens is 1. The average Bonchev–Trinajstić information content (AvgIpc) is 3.14. The van der Waals surface area contributed by atoms with Gasteiger partial charge in [0.1, 0.15) is 18.4 Å². The molecule has 7 nitrogen and oxygen atoms in total. The zero-order valence-corrected chi connectivity index (χ0v) is 15.5. The van der Waals surface area contributed by atoms with E-state index < -0.39 is 0 Å². The van der Waals surface area contributed by atoms with Crippen LogP contribution in [0.15, 0.2) is 53.7 Å². The number of hydrogen-bond acceptors (Lipinski definition) is 6. The first-order chi connectivity index (χ1) is 13.1. The molecule has 2 N–H and O–H groups in total. The summed E-state index contributed by atoms with van der Waals surface area (Å²) in [5, 5.41) is 19.4. The van der Waals surface area contributed by atoms with E-state index in [4.69, 9.17) is 21.6 Å². The molecule has 0 saturated heterocycles. The molecule has 1 amide bonds. The molecule has 0 aliphatic heterocycles. The number of anilines is 1. The predicted octanol–water partition coefficient (Wildman–Crippen LogP) is 3.64. The summed E-state index contributed by atoms with van der Waals surface area (Å²) < 4.78 is 5.58. The Bertz CT molecular complexity index is 971. The molecule has 0 atom stereocenters. The summed E-state index contributed by atoms with van der Waals surface area (Å²) in [4.78, 5) is 16.4. The highest BCUT2D eigenvalue weighted by atomic mass is 35.5. The van der Waals surface area contributed by atoms with Crippen molar-refractivity contribution >= 4 is 35.0 Å². The van der Waals surface area contributed by atoms with E-state index in [0.717, 1.165) is 5.75 Å². The van der Waals surface area contributed by atoms with Gasteiger partial charge < -0.3 is 10.1 Å². The normalized spacial score (nSPS) is 10.2. The molecule has 0 aliphatic rings. The maximum absolute atomic E-state index is 12.1. The fourth-order valence-electron chi connectivity index (χ4n) is 2.11. The Kier molecular flexibility index (Phi) is 6.30. The Hall–Kier alpha value is -3.02. The van der Waals surface area contributed by atoms with Gasteiger partial charge in [0.2, 0.25) is 11.1 Å². The zero-order valence-electron chi connectivity index (χ0n) is 14.0. The van der Waals surface area contributed by atoms with Crippen LogP contribution < -0.4 is 10.1 Å². The second-order valence-corrected chi connectivity index (χ2v) is 6.68. The van der Waals surface area contributed by atoms with Crippen LogP contribution in [0.1, 0.15) is 11.4 Å². The zero-order chi connectivity index (χ0) is 19.1. The molecule has 0 fully saturated rings. The highest BCUT2D eigenvalue weighted by Crippen LogP contribution is 2.21. The Morgan fingerprint density at radius 2 is 2.11 bits per heavy atom. The highest BCUT2D eigenvalue weighted by Gasteiger charge is 2.11. The average molecular weight is 400 g/mol. The van der Waals surface area contributed by atoms with Gasteiger partial charge in [-0.05, 0) is 30.3 Å². The number of thioether (sulfide) groups is 1. The van der Waals surface area contributed by atoms with Crippen molar-refractivity contribution in [2.24, 2.45) is 0 Å². The standard InChI is InChI=1S/C18H14ClN5O2S/c19-13-7-6-12(9-20)15(8-13)21-17(25)11-27-18-22-16(23-24-18)10-26-14-4-2-1-3-5-14/h1-8H,10-11H2,(H,21,25)(H,22,23,24). The van der Waals surface area contributed by atoms with Crippen molar-refractivity contribution < 1.29 is 9.53 Å². The summed E-state index contributed by atoms with van der Waals surface area (Å²) in [6.45, 7) is 0.248. The molecular weight excluding hydrogens is 386 g/mol. The van der Waals surface area contributed by atoms with Crippen LogP contribution in [0.25, 0.3) is 0 Å². The number of amides is 1. The fraction of sp³-hybridized carbons (Fsp3) is 0.111. The van der Waals surface area contributed by atoms with Gasteiger partial charge in [-0.3, -0.25) is 9.89 Å². The number of para-hydroxylation sites is 1. The number of carbonyl (C=O) groups excluding carboxylic acids is 1. The molecule has 0 saturated carbocycles. The molecule has 9 heteroatoms. The Morgan fingerprint density at radius 1 is 1.30 bits per heavy atom. The Balaban J connectivity index is 1.50. The molecule has 0 aliphatic carbocycles. The highest BCUT2D eigenvalue weighted by molar-refractivity contribution is 7.99. The second-order valence-electron chi connectivity index (χ2n) is 5.30. The molecule has 0 radical (unpaired) electrons. The van der Waals surface area contributed by atoms with Gasteiger partial charge in [0.05, 0.1) is 17.0 Å². The van der Waals surface area contributed by atoms with E-state index in [1.165, 1.54) is 17.8 Å². The minimum atomic E-state index is -0.286. The van der Waals surface area contributed by atoms with Crippen molar-refractivity contribution in [3.63, 3.8) is 0 Å². The number of aromatic nitrogens is 3. The second kappa shape index (κ2) is 9.07. The van der Waals surface area contributed by atoms with Gasteiger partial charge in [-0.15, -0.1) is 5.10 Å². The van der Waals surface area contributed by atoms with Crippen molar-refractivity contribution in [3.05, 3.63) is 64.9 Å². The lowest BCUT2D eigenvalue weighted by atomic mass is 10.2. The summed E-state index contributed by atoms with van der Waals surface area (Å²) in [6.07, 6.45) is 0. The third-order valence-corrected chi connectivity index (χ3v) is 4.42. The summed E-state index contributed by atoms with van der Waals surface area (Å²) >= 11 is 7.08. The number of rotatable bonds is 7. The van der Waals surface area contributed by atoms with Crippen molar-refractivity contribution in [2.45, 2.75) is 11.8 Å². The van der Waals surface area contributed by atoms with E-state index in [1.54, 1.807) is 12.1 Å². The first-order valence-electron chi connectivity index (χ1n) is 7.85. The lowest BCUT2D eigenvalue weighted by Crippen LogP contribution is -2.15. The van der Waals surface area contributed by atoms with Crippen molar-refractivity contribution in [1.29, 1.82) is 5.26 Å². The number of nitriles is 1. The molecule has 3 aromatic rings. The van der Waals surface area contributed by atoms with Gasteiger partial charge in [-0.1, -0.05) is 41.6 Å². The van der Waals surface area contributed by atoms with Crippen LogP contribution in [0.2, 0.25) is 5.02 Å². The molecule has 2 aromatic carbocycles. The quantitative estimate of drug-likeness (QED) is 0.588. The van der Waals surface area contributed by atoms with Crippen LogP contribution in [0.3, 0.4) is 0 Å². The topological polar surface area (TPSA) is 104 Å². The van der Waals surface area contributed by atoms with E-state index in [0.29, 0.717) is 27.3 Å². The van der Waals surface area contributed by atoms with E-state index in [9.17, 15) is 4.79 Å². The van der Waals surface area contributed by atoms with Gasteiger partial charge in [-0.25, -0.2) is 4.98 Å². The van der Waals surface area contributed by atoms with Gasteiger partial charge >= 0.3 is 0 Å². The molecule has 0 bridgehead atoms. The van der Waals surface area contributed by atoms with Crippen LogP contribution >= 0.6 is 23.4 Å². The minimum absolute atomic E-state index is 0.0915. The third kappa shape index (κ3) is 5.48. The lowest BCUT2D eigenvalue weighted by molar-refractivity contribution is -0.113. The number of hydrogen-bond donors (Lipinski definition) is 2. The van der Waals surface area contributed by atoms with Crippen LogP contribution in [0.5, 0.6) is 5.75 Å². The molecule has 1 heterocycles. The molecule has 3 rings (SSSR count). The molecule has 0 unspecified atom stereocenters. The smallest absolute Gasteiger partial charge is 0.234 e. The molecule has 1 aromatic heterocycles. The summed E-state index contributed by atoms with van der Waals surface area (Å²) in [5.41, 5.74) is 0.721. The third-order valence-electron chi connectivity index (χ3n) is 3.34. The van der Waals surface area contributed by atoms with E-state index >= 15 is 0 Å². The predicted molar refractivity (Wildman–Crippen MR) is 103 cm³/mol. The summed E-state index contributed by atoms with van der Waals surface area (Å²) in [5.74, 6) is 1.10.